The number of aliphatic hydroxyl groups is 1. The minimum Gasteiger partial charge on any atom is -0.396 e. The zero-order valence-electron chi connectivity index (χ0n) is 11.7. The molecule has 1 heterocycles. The lowest BCUT2D eigenvalue weighted by Gasteiger charge is -2.31. The highest BCUT2D eigenvalue weighted by Gasteiger charge is 2.42. The van der Waals surface area contributed by atoms with Crippen LogP contribution in [0.5, 0.6) is 0 Å². The van der Waals surface area contributed by atoms with Crippen LogP contribution in [-0.4, -0.2) is 52.5 Å². The van der Waals surface area contributed by atoms with Crippen molar-refractivity contribution >= 4 is 8.80 Å². The van der Waals surface area contributed by atoms with E-state index in [1.807, 2.05) is 20.8 Å². The second kappa shape index (κ2) is 8.24. The van der Waals surface area contributed by atoms with E-state index in [1.54, 1.807) is 0 Å². The summed E-state index contributed by atoms with van der Waals surface area (Å²) >= 11 is 0. The Bertz CT molecular complexity index is 217. The van der Waals surface area contributed by atoms with E-state index >= 15 is 0 Å². The van der Waals surface area contributed by atoms with Gasteiger partial charge in [-0.1, -0.05) is 0 Å². The molecule has 0 aromatic heterocycles. The van der Waals surface area contributed by atoms with E-state index in [0.29, 0.717) is 31.8 Å². The SMILES string of the molecule is CCO[Si](CCCO)(OCC)OC(C)CC1CO1. The minimum atomic E-state index is -2.63. The van der Waals surface area contributed by atoms with Crippen LogP contribution in [0.25, 0.3) is 0 Å². The molecule has 2 atom stereocenters. The molecule has 1 aliphatic rings. The van der Waals surface area contributed by atoms with Crippen LogP contribution in [0.1, 0.15) is 33.6 Å². The molecule has 0 saturated carbocycles. The maximum absolute atomic E-state index is 8.99. The van der Waals surface area contributed by atoms with Crippen LogP contribution < -0.4 is 0 Å². The Morgan fingerprint density at radius 3 is 2.39 bits per heavy atom. The highest BCUT2D eigenvalue weighted by atomic mass is 28.4. The van der Waals surface area contributed by atoms with Crippen LogP contribution in [0, 0.1) is 0 Å². The van der Waals surface area contributed by atoms with E-state index in [-0.39, 0.29) is 12.7 Å². The van der Waals surface area contributed by atoms with Gasteiger partial charge in [0.2, 0.25) is 0 Å². The van der Waals surface area contributed by atoms with Gasteiger partial charge in [-0.05, 0) is 27.2 Å². The van der Waals surface area contributed by atoms with Gasteiger partial charge >= 0.3 is 8.80 Å². The third kappa shape index (κ3) is 5.77. The lowest BCUT2D eigenvalue weighted by Crippen LogP contribution is -2.48. The van der Waals surface area contributed by atoms with E-state index in [0.717, 1.165) is 13.0 Å². The van der Waals surface area contributed by atoms with Crippen LogP contribution in [-0.2, 0) is 18.0 Å². The molecule has 18 heavy (non-hydrogen) atoms. The summed E-state index contributed by atoms with van der Waals surface area (Å²) in [7, 11) is -2.63. The van der Waals surface area contributed by atoms with E-state index in [9.17, 15) is 0 Å². The first-order valence-electron chi connectivity index (χ1n) is 6.84. The van der Waals surface area contributed by atoms with Crippen molar-refractivity contribution in [2.45, 2.75) is 51.9 Å². The van der Waals surface area contributed by atoms with Crippen molar-refractivity contribution in [1.82, 2.24) is 0 Å². The Hall–Kier alpha value is 0.0169. The molecule has 0 aromatic carbocycles. The predicted molar refractivity (Wildman–Crippen MR) is 70.4 cm³/mol. The first-order chi connectivity index (χ1) is 8.65. The number of aliphatic hydroxyl groups excluding tert-OH is 1. The molecule has 1 rings (SSSR count). The number of epoxide rings is 1. The predicted octanol–water partition coefficient (Wildman–Crippen LogP) is 1.57. The van der Waals surface area contributed by atoms with Gasteiger partial charge in [0, 0.05) is 38.4 Å². The summed E-state index contributed by atoms with van der Waals surface area (Å²) < 4.78 is 22.9. The van der Waals surface area contributed by atoms with E-state index in [2.05, 4.69) is 0 Å². The van der Waals surface area contributed by atoms with Crippen molar-refractivity contribution in [2.75, 3.05) is 26.4 Å². The number of hydrogen-bond acceptors (Lipinski definition) is 5. The molecule has 1 saturated heterocycles. The maximum Gasteiger partial charge on any atom is 0.501 e. The van der Waals surface area contributed by atoms with Crippen LogP contribution >= 0.6 is 0 Å². The maximum atomic E-state index is 8.99. The molecule has 0 amide bonds. The van der Waals surface area contributed by atoms with E-state index in [1.165, 1.54) is 0 Å². The number of ether oxygens (including phenoxy) is 1. The Labute approximate surface area is 111 Å². The van der Waals surface area contributed by atoms with Gasteiger partial charge in [-0.3, -0.25) is 0 Å². The highest BCUT2D eigenvalue weighted by Crippen LogP contribution is 2.24. The molecule has 2 unspecified atom stereocenters. The lowest BCUT2D eigenvalue weighted by molar-refractivity contribution is 0.0318. The molecule has 1 aliphatic heterocycles. The fraction of sp³-hybridized carbons (Fsp3) is 1.00. The van der Waals surface area contributed by atoms with Gasteiger partial charge in [-0.15, -0.1) is 0 Å². The second-order valence-corrected chi connectivity index (χ2v) is 7.17. The van der Waals surface area contributed by atoms with Crippen LogP contribution in [0.4, 0.5) is 0 Å². The van der Waals surface area contributed by atoms with Crippen LogP contribution in [0.3, 0.4) is 0 Å². The molecule has 0 aromatic rings. The summed E-state index contributed by atoms with van der Waals surface area (Å²) in [5.41, 5.74) is 0. The standard InChI is InChI=1S/C12H26O5Si/c1-4-15-18(16-5-2,8-6-7-13)17-11(3)9-12-10-14-12/h11-13H,4-10H2,1-3H3. The van der Waals surface area contributed by atoms with Crippen LogP contribution in [0.15, 0.2) is 0 Å². The first kappa shape index (κ1) is 16.1. The van der Waals surface area contributed by atoms with Crippen molar-refractivity contribution in [3.05, 3.63) is 0 Å². The lowest BCUT2D eigenvalue weighted by atomic mass is 10.2. The van der Waals surface area contributed by atoms with Gasteiger partial charge in [0.25, 0.3) is 0 Å². The van der Waals surface area contributed by atoms with Gasteiger partial charge in [0.15, 0.2) is 0 Å². The van der Waals surface area contributed by atoms with Crippen molar-refractivity contribution in [3.8, 4) is 0 Å². The summed E-state index contributed by atoms with van der Waals surface area (Å²) in [6, 6.07) is 0.668. The van der Waals surface area contributed by atoms with Gasteiger partial charge in [-0.25, -0.2) is 0 Å². The molecular formula is C12H26O5Si. The van der Waals surface area contributed by atoms with E-state index in [4.69, 9.17) is 23.1 Å². The van der Waals surface area contributed by atoms with Crippen molar-refractivity contribution < 1.29 is 23.1 Å². The normalized spacial score (nSPS) is 21.0. The first-order valence-corrected chi connectivity index (χ1v) is 8.77. The molecule has 108 valence electrons. The quantitative estimate of drug-likeness (QED) is 0.459. The van der Waals surface area contributed by atoms with Crippen LogP contribution in [0.2, 0.25) is 6.04 Å². The van der Waals surface area contributed by atoms with Gasteiger partial charge in [0.1, 0.15) is 0 Å². The minimum absolute atomic E-state index is 0.0703. The van der Waals surface area contributed by atoms with Gasteiger partial charge in [-0.2, -0.15) is 0 Å². The number of hydrogen-bond donors (Lipinski definition) is 1. The van der Waals surface area contributed by atoms with Gasteiger partial charge in [0.05, 0.1) is 12.7 Å². The average Bonchev–Trinajstić information content (AvgIpc) is 3.11. The van der Waals surface area contributed by atoms with Crippen molar-refractivity contribution in [3.63, 3.8) is 0 Å². The fourth-order valence-electron chi connectivity index (χ4n) is 1.98. The second-order valence-electron chi connectivity index (χ2n) is 4.50. The molecule has 1 N–H and O–H groups in total. The van der Waals surface area contributed by atoms with Crippen molar-refractivity contribution in [2.24, 2.45) is 0 Å². The largest absolute Gasteiger partial charge is 0.501 e. The molecule has 5 nitrogen and oxygen atoms in total. The molecule has 0 aliphatic carbocycles. The molecule has 0 radical (unpaired) electrons. The zero-order valence-corrected chi connectivity index (χ0v) is 12.7. The summed E-state index contributed by atoms with van der Waals surface area (Å²) in [6.45, 7) is 8.03. The summed E-state index contributed by atoms with van der Waals surface area (Å²) in [5.74, 6) is 0. The molecule has 0 spiro atoms. The number of rotatable bonds is 11. The highest BCUT2D eigenvalue weighted by molar-refractivity contribution is 6.60. The molecular weight excluding hydrogens is 252 g/mol. The smallest absolute Gasteiger partial charge is 0.396 e. The third-order valence-corrected chi connectivity index (χ3v) is 5.93. The van der Waals surface area contributed by atoms with E-state index < -0.39 is 8.80 Å². The summed E-state index contributed by atoms with van der Waals surface area (Å²) in [6.07, 6.45) is 1.95. The zero-order chi connectivity index (χ0) is 13.4. The monoisotopic (exact) mass is 278 g/mol. The summed E-state index contributed by atoms with van der Waals surface area (Å²) in [4.78, 5) is 0. The third-order valence-electron chi connectivity index (χ3n) is 2.75. The molecule has 1 fully saturated rings. The Kier molecular flexibility index (Phi) is 7.36. The van der Waals surface area contributed by atoms with Crippen molar-refractivity contribution in [1.29, 1.82) is 0 Å². The summed E-state index contributed by atoms with van der Waals surface area (Å²) in [5, 5.41) is 8.99. The van der Waals surface area contributed by atoms with Gasteiger partial charge < -0.3 is 23.1 Å². The molecule has 6 heteroatoms. The Morgan fingerprint density at radius 1 is 1.33 bits per heavy atom. The Balaban J connectivity index is 2.52. The fourth-order valence-corrected chi connectivity index (χ4v) is 4.78. The molecule has 0 bridgehead atoms. The average molecular weight is 278 g/mol. The topological polar surface area (TPSA) is 60.5 Å². The Morgan fingerprint density at radius 2 is 1.94 bits per heavy atom.